The van der Waals surface area contributed by atoms with Crippen LogP contribution in [0.2, 0.25) is 0 Å². The van der Waals surface area contributed by atoms with Crippen LogP contribution in [0.5, 0.6) is 11.5 Å². The first kappa shape index (κ1) is 20.6. The van der Waals surface area contributed by atoms with E-state index in [2.05, 4.69) is 21.3 Å². The first-order chi connectivity index (χ1) is 15.2. The average molecular weight is 417 g/mol. The number of anilines is 1. The van der Waals surface area contributed by atoms with E-state index in [1.165, 1.54) is 42.9 Å². The quantitative estimate of drug-likeness (QED) is 0.553. The zero-order chi connectivity index (χ0) is 21.5. The summed E-state index contributed by atoms with van der Waals surface area (Å²) in [5.74, 6) is -0.176. The van der Waals surface area contributed by atoms with Crippen LogP contribution in [-0.4, -0.2) is 24.0 Å². The molecule has 0 aliphatic carbocycles. The maximum absolute atomic E-state index is 14.3. The largest absolute Gasteiger partial charge is 0.453 e. The van der Waals surface area contributed by atoms with Gasteiger partial charge < -0.3 is 15.0 Å². The fraction of sp³-hybridized carbons (Fsp3) is 0.200. The third kappa shape index (κ3) is 5.48. The summed E-state index contributed by atoms with van der Waals surface area (Å²) in [6.45, 7) is 2.55. The van der Waals surface area contributed by atoms with Gasteiger partial charge in [0.25, 0.3) is 0 Å². The predicted molar refractivity (Wildman–Crippen MR) is 119 cm³/mol. The Hall–Kier alpha value is -3.67. The topological polar surface area (TPSA) is 54.5 Å². The highest BCUT2D eigenvalue weighted by Crippen LogP contribution is 2.25. The van der Waals surface area contributed by atoms with Gasteiger partial charge in [-0.15, -0.1) is 0 Å². The van der Waals surface area contributed by atoms with Crippen molar-refractivity contribution in [2.24, 2.45) is 0 Å². The Morgan fingerprint density at radius 3 is 2.74 bits per heavy atom. The maximum Gasteiger partial charge on any atom is 0.244 e. The summed E-state index contributed by atoms with van der Waals surface area (Å²) in [7, 11) is 0. The zero-order valence-corrected chi connectivity index (χ0v) is 17.1. The molecule has 2 aromatic carbocycles. The first-order valence-corrected chi connectivity index (χ1v) is 10.4. The van der Waals surface area contributed by atoms with Crippen LogP contribution in [0.1, 0.15) is 24.0 Å². The second-order valence-electron chi connectivity index (χ2n) is 7.35. The highest BCUT2D eigenvalue weighted by Gasteiger charge is 2.15. The van der Waals surface area contributed by atoms with E-state index in [0.717, 1.165) is 18.7 Å². The van der Waals surface area contributed by atoms with Crippen LogP contribution in [0.15, 0.2) is 73.1 Å². The van der Waals surface area contributed by atoms with Crippen molar-refractivity contribution in [3.8, 4) is 11.5 Å². The van der Waals surface area contributed by atoms with Crippen LogP contribution >= 0.6 is 0 Å². The minimum Gasteiger partial charge on any atom is -0.453 e. The molecule has 31 heavy (non-hydrogen) atoms. The Morgan fingerprint density at radius 2 is 1.97 bits per heavy atom. The van der Waals surface area contributed by atoms with Gasteiger partial charge in [-0.1, -0.05) is 24.3 Å². The SMILES string of the molecule is O=C(/C=C/c1ccc(Oc2cccnc2)c(F)c1)NCc1ccccc1N1CCCC1. The van der Waals surface area contributed by atoms with Crippen LogP contribution in [0, 0.1) is 5.82 Å². The molecule has 2 heterocycles. The number of para-hydroxylation sites is 1. The van der Waals surface area contributed by atoms with E-state index in [0.29, 0.717) is 17.9 Å². The highest BCUT2D eigenvalue weighted by atomic mass is 19.1. The van der Waals surface area contributed by atoms with E-state index in [1.54, 1.807) is 30.5 Å². The fourth-order valence-corrected chi connectivity index (χ4v) is 3.58. The molecular weight excluding hydrogens is 393 g/mol. The second-order valence-corrected chi connectivity index (χ2v) is 7.35. The van der Waals surface area contributed by atoms with E-state index in [4.69, 9.17) is 4.74 Å². The molecule has 1 aliphatic rings. The molecule has 1 aliphatic heterocycles. The van der Waals surface area contributed by atoms with Gasteiger partial charge in [-0.2, -0.15) is 0 Å². The maximum atomic E-state index is 14.3. The molecular formula is C25H24FN3O2. The molecule has 1 aromatic heterocycles. The fourth-order valence-electron chi connectivity index (χ4n) is 3.58. The van der Waals surface area contributed by atoms with Crippen molar-refractivity contribution in [2.75, 3.05) is 18.0 Å². The summed E-state index contributed by atoms with van der Waals surface area (Å²) in [6.07, 6.45) is 8.53. The standard InChI is InChI=1S/C25H24FN3O2/c26-22-16-19(9-11-24(22)31-21-7-5-13-27-18-21)10-12-25(30)28-17-20-6-1-2-8-23(20)29-14-3-4-15-29/h1-2,5-13,16,18H,3-4,14-15,17H2,(H,28,30)/b12-10+. The number of aromatic nitrogens is 1. The smallest absolute Gasteiger partial charge is 0.244 e. The van der Waals surface area contributed by atoms with Crippen LogP contribution in [0.4, 0.5) is 10.1 Å². The van der Waals surface area contributed by atoms with Crippen LogP contribution < -0.4 is 15.0 Å². The Morgan fingerprint density at radius 1 is 1.13 bits per heavy atom. The lowest BCUT2D eigenvalue weighted by molar-refractivity contribution is -0.116. The lowest BCUT2D eigenvalue weighted by Gasteiger charge is -2.21. The Bertz CT molecular complexity index is 1060. The zero-order valence-electron chi connectivity index (χ0n) is 17.1. The molecule has 158 valence electrons. The molecule has 1 saturated heterocycles. The molecule has 0 radical (unpaired) electrons. The second kappa shape index (κ2) is 9.89. The number of hydrogen-bond acceptors (Lipinski definition) is 4. The van der Waals surface area contributed by atoms with E-state index in [-0.39, 0.29) is 11.7 Å². The van der Waals surface area contributed by atoms with Crippen LogP contribution in [0.25, 0.3) is 6.08 Å². The van der Waals surface area contributed by atoms with E-state index in [1.807, 2.05) is 18.2 Å². The molecule has 5 nitrogen and oxygen atoms in total. The third-order valence-electron chi connectivity index (χ3n) is 5.14. The molecule has 0 bridgehead atoms. The molecule has 1 N–H and O–H groups in total. The average Bonchev–Trinajstić information content (AvgIpc) is 3.34. The number of halogens is 1. The predicted octanol–water partition coefficient (Wildman–Crippen LogP) is 4.94. The van der Waals surface area contributed by atoms with E-state index in [9.17, 15) is 9.18 Å². The lowest BCUT2D eigenvalue weighted by atomic mass is 10.1. The minimum atomic E-state index is -0.508. The normalized spacial score (nSPS) is 13.5. The summed E-state index contributed by atoms with van der Waals surface area (Å²) in [5, 5.41) is 2.91. The Balaban J connectivity index is 1.35. The number of nitrogens with one attached hydrogen (secondary N) is 1. The van der Waals surface area contributed by atoms with Crippen LogP contribution in [-0.2, 0) is 11.3 Å². The van der Waals surface area contributed by atoms with Crippen molar-refractivity contribution in [3.05, 3.63) is 90.0 Å². The molecule has 1 fully saturated rings. The van der Waals surface area contributed by atoms with Crippen LogP contribution in [0.3, 0.4) is 0 Å². The number of amides is 1. The number of carbonyl (C=O) groups is 1. The minimum absolute atomic E-state index is 0.105. The molecule has 0 saturated carbocycles. The van der Waals surface area contributed by atoms with Crippen molar-refractivity contribution < 1.29 is 13.9 Å². The van der Waals surface area contributed by atoms with Gasteiger partial charge >= 0.3 is 0 Å². The molecule has 0 spiro atoms. The van der Waals surface area contributed by atoms with Gasteiger partial charge in [0.1, 0.15) is 5.75 Å². The summed E-state index contributed by atoms with van der Waals surface area (Å²) in [4.78, 5) is 18.6. The number of ether oxygens (including phenoxy) is 1. The number of rotatable bonds is 7. The van der Waals surface area contributed by atoms with Crippen molar-refractivity contribution in [2.45, 2.75) is 19.4 Å². The molecule has 1 amide bonds. The van der Waals surface area contributed by atoms with Gasteiger partial charge in [-0.05, 0) is 60.4 Å². The highest BCUT2D eigenvalue weighted by molar-refractivity contribution is 5.91. The number of hydrogen-bond donors (Lipinski definition) is 1. The molecule has 6 heteroatoms. The number of benzene rings is 2. The van der Waals surface area contributed by atoms with Gasteiger partial charge in [-0.3, -0.25) is 9.78 Å². The number of pyridine rings is 1. The van der Waals surface area contributed by atoms with Gasteiger partial charge in [0.2, 0.25) is 5.91 Å². The van der Waals surface area contributed by atoms with E-state index < -0.39 is 5.82 Å². The Kier molecular flexibility index (Phi) is 6.57. The summed E-state index contributed by atoms with van der Waals surface area (Å²) >= 11 is 0. The Labute approximate surface area is 181 Å². The third-order valence-corrected chi connectivity index (χ3v) is 5.14. The van der Waals surface area contributed by atoms with Crippen molar-refractivity contribution in [1.82, 2.24) is 10.3 Å². The molecule has 3 aromatic rings. The number of carbonyl (C=O) groups excluding carboxylic acids is 1. The molecule has 0 unspecified atom stereocenters. The molecule has 0 atom stereocenters. The summed E-state index contributed by atoms with van der Waals surface area (Å²) in [5.41, 5.74) is 2.84. The lowest BCUT2D eigenvalue weighted by Crippen LogP contribution is -2.24. The van der Waals surface area contributed by atoms with E-state index >= 15 is 0 Å². The van der Waals surface area contributed by atoms with Crippen molar-refractivity contribution in [3.63, 3.8) is 0 Å². The summed E-state index contributed by atoms with van der Waals surface area (Å²) < 4.78 is 19.8. The monoisotopic (exact) mass is 417 g/mol. The van der Waals surface area contributed by atoms with Gasteiger partial charge in [0.15, 0.2) is 11.6 Å². The first-order valence-electron chi connectivity index (χ1n) is 10.4. The summed E-state index contributed by atoms with van der Waals surface area (Å²) in [6, 6.07) is 16.1. The van der Waals surface area contributed by atoms with Gasteiger partial charge in [-0.25, -0.2) is 4.39 Å². The van der Waals surface area contributed by atoms with Gasteiger partial charge in [0.05, 0.1) is 6.20 Å². The molecule has 4 rings (SSSR count). The van der Waals surface area contributed by atoms with Crippen molar-refractivity contribution >= 4 is 17.7 Å². The van der Waals surface area contributed by atoms with Crippen molar-refractivity contribution in [1.29, 1.82) is 0 Å². The number of nitrogens with zero attached hydrogens (tertiary/aromatic N) is 2. The van der Waals surface area contributed by atoms with Gasteiger partial charge in [0, 0.05) is 37.6 Å².